The second kappa shape index (κ2) is 8.94. The van der Waals surface area contributed by atoms with Gasteiger partial charge in [0.05, 0.1) is 12.8 Å². The molecule has 2 aromatic rings. The van der Waals surface area contributed by atoms with Crippen molar-refractivity contribution in [1.29, 1.82) is 0 Å². The van der Waals surface area contributed by atoms with E-state index in [1.807, 2.05) is 17.2 Å². The van der Waals surface area contributed by atoms with E-state index in [0.717, 1.165) is 67.5 Å². The topological polar surface area (TPSA) is 73.8 Å². The number of methoxy groups -OCH3 is 1. The van der Waals surface area contributed by atoms with Gasteiger partial charge in [-0.25, -0.2) is 4.98 Å². The van der Waals surface area contributed by atoms with Crippen LogP contribution in [0.5, 0.6) is 5.75 Å². The normalized spacial score (nSPS) is 19.9. The van der Waals surface area contributed by atoms with E-state index in [4.69, 9.17) is 9.72 Å². The standard InChI is InChI=1S/C24H32N6O2/c1-28-11-13-29(14-12-28)19-8-9-20(21(15-19)32-2)26-24-25-16-17-7-10-22(31)30(23(17)27-24)18-5-3-4-6-18/h8-9,15-16,18H,3-7,10-14H2,1-2H3,(H,25,26,27). The van der Waals surface area contributed by atoms with Gasteiger partial charge in [-0.2, -0.15) is 4.98 Å². The van der Waals surface area contributed by atoms with Gasteiger partial charge in [-0.1, -0.05) is 12.8 Å². The maximum Gasteiger partial charge on any atom is 0.229 e. The van der Waals surface area contributed by atoms with Gasteiger partial charge < -0.3 is 19.9 Å². The van der Waals surface area contributed by atoms with Crippen molar-refractivity contribution in [3.05, 3.63) is 30.0 Å². The number of benzene rings is 1. The summed E-state index contributed by atoms with van der Waals surface area (Å²) in [5.74, 6) is 2.21. The van der Waals surface area contributed by atoms with Gasteiger partial charge >= 0.3 is 0 Å². The third kappa shape index (κ3) is 4.11. The number of aryl methyl sites for hydroxylation is 1. The van der Waals surface area contributed by atoms with Crippen LogP contribution in [0, 0.1) is 0 Å². The van der Waals surface area contributed by atoms with Gasteiger partial charge in [-0.05, 0) is 38.4 Å². The molecular formula is C24H32N6O2. The molecule has 170 valence electrons. The predicted molar refractivity (Wildman–Crippen MR) is 126 cm³/mol. The minimum Gasteiger partial charge on any atom is -0.494 e. The van der Waals surface area contributed by atoms with Crippen molar-refractivity contribution in [1.82, 2.24) is 14.9 Å². The minimum absolute atomic E-state index is 0.183. The smallest absolute Gasteiger partial charge is 0.229 e. The molecule has 8 heteroatoms. The van der Waals surface area contributed by atoms with Crippen LogP contribution in [-0.2, 0) is 11.2 Å². The molecule has 0 radical (unpaired) electrons. The third-order valence-electron chi connectivity index (χ3n) is 6.94. The Morgan fingerprint density at radius 3 is 2.62 bits per heavy atom. The fourth-order valence-electron chi connectivity index (χ4n) is 5.03. The number of hydrogen-bond acceptors (Lipinski definition) is 7. The molecular weight excluding hydrogens is 404 g/mol. The number of amides is 1. The van der Waals surface area contributed by atoms with Gasteiger partial charge in [0, 0.05) is 62.2 Å². The summed E-state index contributed by atoms with van der Waals surface area (Å²) in [5, 5.41) is 3.32. The summed E-state index contributed by atoms with van der Waals surface area (Å²) in [7, 11) is 3.84. The van der Waals surface area contributed by atoms with E-state index >= 15 is 0 Å². The molecule has 0 spiro atoms. The van der Waals surface area contributed by atoms with E-state index in [-0.39, 0.29) is 11.9 Å². The maximum absolute atomic E-state index is 12.7. The number of ether oxygens (including phenoxy) is 1. The average Bonchev–Trinajstić information content (AvgIpc) is 3.34. The second-order valence-corrected chi connectivity index (χ2v) is 9.04. The van der Waals surface area contributed by atoms with Gasteiger partial charge in [0.1, 0.15) is 11.6 Å². The van der Waals surface area contributed by atoms with Crippen LogP contribution in [0.3, 0.4) is 0 Å². The number of aromatic nitrogens is 2. The molecule has 1 N–H and O–H groups in total. The molecule has 1 saturated heterocycles. The Morgan fingerprint density at radius 1 is 1.09 bits per heavy atom. The number of carbonyl (C=O) groups is 1. The lowest BCUT2D eigenvalue weighted by atomic mass is 10.0. The van der Waals surface area contributed by atoms with Crippen LogP contribution in [0.1, 0.15) is 37.7 Å². The van der Waals surface area contributed by atoms with Gasteiger partial charge in [0.25, 0.3) is 0 Å². The summed E-state index contributed by atoms with van der Waals surface area (Å²) in [6.45, 7) is 4.12. The van der Waals surface area contributed by atoms with Crippen molar-refractivity contribution >= 4 is 29.0 Å². The number of rotatable bonds is 5. The van der Waals surface area contributed by atoms with Crippen molar-refractivity contribution < 1.29 is 9.53 Å². The lowest BCUT2D eigenvalue weighted by Crippen LogP contribution is -2.44. The number of carbonyl (C=O) groups excluding carboxylic acids is 1. The summed E-state index contributed by atoms with van der Waals surface area (Å²) in [6, 6.07) is 6.47. The number of fused-ring (bicyclic) bond motifs is 1. The Labute approximate surface area is 189 Å². The van der Waals surface area contributed by atoms with Crippen LogP contribution < -0.4 is 19.9 Å². The Balaban J connectivity index is 1.39. The Bertz CT molecular complexity index is 982. The third-order valence-corrected chi connectivity index (χ3v) is 6.94. The number of likely N-dealkylation sites (N-methyl/N-ethyl adjacent to an activating group) is 1. The first-order valence-electron chi connectivity index (χ1n) is 11.7. The molecule has 1 amide bonds. The molecule has 0 unspecified atom stereocenters. The zero-order valence-corrected chi connectivity index (χ0v) is 19.0. The zero-order chi connectivity index (χ0) is 22.1. The van der Waals surface area contributed by atoms with Gasteiger partial charge in [-0.15, -0.1) is 0 Å². The van der Waals surface area contributed by atoms with Crippen molar-refractivity contribution in [3.8, 4) is 5.75 Å². The van der Waals surface area contributed by atoms with Crippen LogP contribution in [0.2, 0.25) is 0 Å². The van der Waals surface area contributed by atoms with E-state index in [2.05, 4.69) is 39.3 Å². The molecule has 8 nitrogen and oxygen atoms in total. The number of nitrogens with one attached hydrogen (secondary N) is 1. The van der Waals surface area contributed by atoms with E-state index in [1.54, 1.807) is 7.11 Å². The monoisotopic (exact) mass is 436 g/mol. The predicted octanol–water partition coefficient (Wildman–Crippen LogP) is 3.20. The molecule has 1 aliphatic carbocycles. The molecule has 32 heavy (non-hydrogen) atoms. The van der Waals surface area contributed by atoms with Crippen molar-refractivity contribution in [2.24, 2.45) is 0 Å². The highest BCUT2D eigenvalue weighted by atomic mass is 16.5. The highest BCUT2D eigenvalue weighted by molar-refractivity contribution is 5.96. The summed E-state index contributed by atoms with van der Waals surface area (Å²) in [4.78, 5) is 28.7. The molecule has 0 atom stereocenters. The Hall–Kier alpha value is -2.87. The zero-order valence-electron chi connectivity index (χ0n) is 19.0. The fourth-order valence-corrected chi connectivity index (χ4v) is 5.03. The van der Waals surface area contributed by atoms with Crippen LogP contribution in [0.4, 0.5) is 23.1 Å². The first kappa shape index (κ1) is 21.0. The van der Waals surface area contributed by atoms with E-state index in [1.165, 1.54) is 12.8 Å². The molecule has 0 bridgehead atoms. The van der Waals surface area contributed by atoms with E-state index in [0.29, 0.717) is 18.8 Å². The summed E-state index contributed by atoms with van der Waals surface area (Å²) >= 11 is 0. The summed E-state index contributed by atoms with van der Waals surface area (Å²) < 4.78 is 5.68. The molecule has 3 heterocycles. The molecule has 1 saturated carbocycles. The van der Waals surface area contributed by atoms with Crippen LogP contribution in [-0.4, -0.2) is 67.2 Å². The van der Waals surface area contributed by atoms with E-state index in [9.17, 15) is 4.79 Å². The van der Waals surface area contributed by atoms with Gasteiger partial charge in [0.2, 0.25) is 11.9 Å². The molecule has 1 aromatic carbocycles. The number of hydrogen-bond donors (Lipinski definition) is 1. The Kier molecular flexibility index (Phi) is 5.87. The SMILES string of the molecule is COc1cc(N2CCN(C)CC2)ccc1Nc1ncc2c(n1)N(C1CCCC1)C(=O)CC2. The van der Waals surface area contributed by atoms with E-state index < -0.39 is 0 Å². The van der Waals surface area contributed by atoms with Gasteiger partial charge in [-0.3, -0.25) is 9.69 Å². The van der Waals surface area contributed by atoms with Crippen molar-refractivity contribution in [3.63, 3.8) is 0 Å². The molecule has 5 rings (SSSR count). The lowest BCUT2D eigenvalue weighted by Gasteiger charge is -2.34. The minimum atomic E-state index is 0.183. The number of anilines is 4. The lowest BCUT2D eigenvalue weighted by molar-refractivity contribution is -0.119. The van der Waals surface area contributed by atoms with Crippen LogP contribution >= 0.6 is 0 Å². The molecule has 3 aliphatic rings. The second-order valence-electron chi connectivity index (χ2n) is 9.04. The number of piperazine rings is 1. The fraction of sp³-hybridized carbons (Fsp3) is 0.542. The van der Waals surface area contributed by atoms with Gasteiger partial charge in [0.15, 0.2) is 0 Å². The highest BCUT2D eigenvalue weighted by Crippen LogP contribution is 2.35. The Morgan fingerprint density at radius 2 is 1.88 bits per heavy atom. The largest absolute Gasteiger partial charge is 0.494 e. The molecule has 1 aromatic heterocycles. The number of nitrogens with zero attached hydrogens (tertiary/aromatic N) is 5. The van der Waals surface area contributed by atoms with Crippen molar-refractivity contribution in [2.45, 2.75) is 44.6 Å². The average molecular weight is 437 g/mol. The maximum atomic E-state index is 12.7. The highest BCUT2D eigenvalue weighted by Gasteiger charge is 2.33. The van der Waals surface area contributed by atoms with Crippen LogP contribution in [0.15, 0.2) is 24.4 Å². The molecule has 2 fully saturated rings. The summed E-state index contributed by atoms with van der Waals surface area (Å²) in [6.07, 6.45) is 7.58. The molecule has 2 aliphatic heterocycles. The quantitative estimate of drug-likeness (QED) is 0.772. The van der Waals surface area contributed by atoms with Crippen LogP contribution in [0.25, 0.3) is 0 Å². The van der Waals surface area contributed by atoms with Crippen molar-refractivity contribution in [2.75, 3.05) is 55.5 Å². The first-order valence-corrected chi connectivity index (χ1v) is 11.7. The first-order chi connectivity index (χ1) is 15.6. The summed E-state index contributed by atoms with van der Waals surface area (Å²) in [5.41, 5.74) is 3.03.